The van der Waals surface area contributed by atoms with E-state index in [-0.39, 0.29) is 16.5 Å². The van der Waals surface area contributed by atoms with Crippen LogP contribution < -0.4 is 5.73 Å². The van der Waals surface area contributed by atoms with Gasteiger partial charge in [0.15, 0.2) is 0 Å². The molecule has 2 saturated carbocycles. The molecule has 0 saturated heterocycles. The quantitative estimate of drug-likeness (QED) is 0.824. The van der Waals surface area contributed by atoms with Gasteiger partial charge < -0.3 is 5.73 Å². The number of halogens is 1. The van der Waals surface area contributed by atoms with Gasteiger partial charge in [0.2, 0.25) is 0 Å². The molecule has 3 heteroatoms. The van der Waals surface area contributed by atoms with E-state index in [2.05, 4.69) is 0 Å². The van der Waals surface area contributed by atoms with E-state index < -0.39 is 5.82 Å². The van der Waals surface area contributed by atoms with Crippen molar-refractivity contribution >= 4 is 0 Å². The number of benzene rings is 1. The zero-order valence-electron chi connectivity index (χ0n) is 8.96. The molecule has 0 amide bonds. The third kappa shape index (κ3) is 1.14. The first-order valence-corrected chi connectivity index (χ1v) is 5.60. The average molecular weight is 216 g/mol. The van der Waals surface area contributed by atoms with Gasteiger partial charge in [0.25, 0.3) is 0 Å². The molecule has 16 heavy (non-hydrogen) atoms. The average Bonchev–Trinajstić information content (AvgIpc) is 3.14. The fourth-order valence-electron chi connectivity index (χ4n) is 2.72. The summed E-state index contributed by atoms with van der Waals surface area (Å²) in [7, 11) is 0. The molecule has 2 aliphatic carbocycles. The normalized spacial score (nSPS) is 23.6. The van der Waals surface area contributed by atoms with Gasteiger partial charge in [-0.2, -0.15) is 5.26 Å². The van der Waals surface area contributed by atoms with Crippen molar-refractivity contribution in [2.75, 3.05) is 0 Å². The molecular formula is C13H13FN2. The summed E-state index contributed by atoms with van der Waals surface area (Å²) in [6.07, 6.45) is 4.23. The van der Waals surface area contributed by atoms with E-state index in [9.17, 15) is 4.39 Å². The molecule has 2 aliphatic rings. The third-order valence-electron chi connectivity index (χ3n) is 4.13. The van der Waals surface area contributed by atoms with E-state index in [1.165, 1.54) is 6.07 Å². The van der Waals surface area contributed by atoms with Crippen LogP contribution in [0.25, 0.3) is 0 Å². The smallest absolute Gasteiger partial charge is 0.140 e. The van der Waals surface area contributed by atoms with Gasteiger partial charge in [0.05, 0.1) is 5.56 Å². The molecule has 2 nitrogen and oxygen atoms in total. The van der Waals surface area contributed by atoms with Gasteiger partial charge in [-0.15, -0.1) is 0 Å². The maximum Gasteiger partial charge on any atom is 0.140 e. The highest BCUT2D eigenvalue weighted by Gasteiger charge is 2.64. The Balaban J connectivity index is 2.05. The summed E-state index contributed by atoms with van der Waals surface area (Å²) in [4.78, 5) is 0. The first-order chi connectivity index (χ1) is 7.61. The summed E-state index contributed by atoms with van der Waals surface area (Å²) < 4.78 is 13.2. The lowest BCUT2D eigenvalue weighted by Crippen LogP contribution is -2.37. The van der Waals surface area contributed by atoms with E-state index in [0.29, 0.717) is 0 Å². The minimum absolute atomic E-state index is 0.0340. The Labute approximate surface area is 93.9 Å². The van der Waals surface area contributed by atoms with Crippen LogP contribution in [0.3, 0.4) is 0 Å². The minimum atomic E-state index is -0.441. The predicted molar refractivity (Wildman–Crippen MR) is 58.2 cm³/mol. The monoisotopic (exact) mass is 216 g/mol. The van der Waals surface area contributed by atoms with Crippen molar-refractivity contribution in [3.8, 4) is 6.07 Å². The van der Waals surface area contributed by atoms with E-state index in [1.54, 1.807) is 12.1 Å². The van der Waals surface area contributed by atoms with Crippen molar-refractivity contribution in [1.82, 2.24) is 0 Å². The molecule has 0 heterocycles. The Bertz CT molecular complexity index is 493. The first kappa shape index (κ1) is 9.80. The fraction of sp³-hybridized carbons (Fsp3) is 0.462. The Morgan fingerprint density at radius 2 is 1.94 bits per heavy atom. The van der Waals surface area contributed by atoms with Crippen molar-refractivity contribution in [3.63, 3.8) is 0 Å². The lowest BCUT2D eigenvalue weighted by atomic mass is 9.85. The summed E-state index contributed by atoms with van der Waals surface area (Å²) in [5.41, 5.74) is 7.40. The summed E-state index contributed by atoms with van der Waals surface area (Å²) in [6.45, 7) is 0. The highest BCUT2D eigenvalue weighted by molar-refractivity contribution is 5.45. The van der Waals surface area contributed by atoms with Gasteiger partial charge in [-0.25, -0.2) is 4.39 Å². The molecule has 0 radical (unpaired) electrons. The van der Waals surface area contributed by atoms with Gasteiger partial charge in [-0.3, -0.25) is 0 Å². The van der Waals surface area contributed by atoms with Crippen LogP contribution in [0.5, 0.6) is 0 Å². The van der Waals surface area contributed by atoms with E-state index in [0.717, 1.165) is 31.2 Å². The van der Waals surface area contributed by atoms with Gasteiger partial charge in [0, 0.05) is 11.0 Å². The molecule has 3 rings (SSSR count). The second-order valence-electron chi connectivity index (χ2n) is 5.04. The molecule has 0 spiro atoms. The van der Waals surface area contributed by atoms with Crippen LogP contribution in [-0.4, -0.2) is 5.54 Å². The van der Waals surface area contributed by atoms with Crippen LogP contribution in [0.1, 0.15) is 36.8 Å². The number of hydrogen-bond acceptors (Lipinski definition) is 2. The van der Waals surface area contributed by atoms with Crippen LogP contribution in [-0.2, 0) is 5.41 Å². The van der Waals surface area contributed by atoms with E-state index in [4.69, 9.17) is 11.0 Å². The standard InChI is InChI=1S/C13H13FN2/c14-11-2-1-10(7-9(11)8-15)12(3-4-12)13(16)5-6-13/h1-2,7H,3-6,16H2. The molecule has 0 bridgehead atoms. The summed E-state index contributed by atoms with van der Waals surface area (Å²) in [6, 6.07) is 6.74. The molecule has 0 unspecified atom stereocenters. The van der Waals surface area contributed by atoms with E-state index in [1.807, 2.05) is 6.07 Å². The number of nitriles is 1. The van der Waals surface area contributed by atoms with Crippen molar-refractivity contribution in [1.29, 1.82) is 5.26 Å². The molecule has 0 aliphatic heterocycles. The first-order valence-electron chi connectivity index (χ1n) is 5.60. The van der Waals surface area contributed by atoms with Crippen LogP contribution in [0.4, 0.5) is 4.39 Å². The number of nitrogens with two attached hydrogens (primary N) is 1. The lowest BCUT2D eigenvalue weighted by molar-refractivity contribution is 0.501. The number of hydrogen-bond donors (Lipinski definition) is 1. The lowest BCUT2D eigenvalue weighted by Gasteiger charge is -2.23. The van der Waals surface area contributed by atoms with Crippen molar-refractivity contribution < 1.29 is 4.39 Å². The maximum atomic E-state index is 13.2. The number of rotatable bonds is 2. The van der Waals surface area contributed by atoms with Gasteiger partial charge in [-0.1, -0.05) is 6.07 Å². The Hall–Kier alpha value is -1.40. The van der Waals surface area contributed by atoms with E-state index >= 15 is 0 Å². The Morgan fingerprint density at radius 3 is 2.44 bits per heavy atom. The Kier molecular flexibility index (Phi) is 1.74. The molecule has 1 aromatic carbocycles. The molecule has 2 N–H and O–H groups in total. The second kappa shape index (κ2) is 2.83. The fourth-order valence-corrected chi connectivity index (χ4v) is 2.72. The molecule has 1 aromatic rings. The zero-order chi connectivity index (χ0) is 11.4. The van der Waals surface area contributed by atoms with Gasteiger partial charge in [0.1, 0.15) is 11.9 Å². The highest BCUT2D eigenvalue weighted by atomic mass is 19.1. The summed E-state index contributed by atoms with van der Waals surface area (Å²) in [5, 5.41) is 8.83. The summed E-state index contributed by atoms with van der Waals surface area (Å²) in [5.74, 6) is -0.441. The van der Waals surface area contributed by atoms with Crippen LogP contribution in [0.15, 0.2) is 18.2 Å². The predicted octanol–water partition coefficient (Wildman–Crippen LogP) is 2.22. The van der Waals surface area contributed by atoms with Crippen LogP contribution >= 0.6 is 0 Å². The molecule has 0 aromatic heterocycles. The molecule has 0 atom stereocenters. The minimum Gasteiger partial charge on any atom is -0.324 e. The second-order valence-corrected chi connectivity index (χ2v) is 5.04. The number of nitrogens with zero attached hydrogens (tertiary/aromatic N) is 1. The summed E-state index contributed by atoms with van der Waals surface area (Å²) >= 11 is 0. The van der Waals surface area contributed by atoms with Gasteiger partial charge >= 0.3 is 0 Å². The van der Waals surface area contributed by atoms with Crippen molar-refractivity contribution in [2.24, 2.45) is 5.73 Å². The SMILES string of the molecule is N#Cc1cc(C2(C3(N)CC3)CC2)ccc1F. The van der Waals surface area contributed by atoms with Crippen LogP contribution in [0, 0.1) is 17.1 Å². The van der Waals surface area contributed by atoms with Crippen LogP contribution in [0.2, 0.25) is 0 Å². The topological polar surface area (TPSA) is 49.8 Å². The maximum absolute atomic E-state index is 13.2. The molecule has 2 fully saturated rings. The highest BCUT2D eigenvalue weighted by Crippen LogP contribution is 2.63. The van der Waals surface area contributed by atoms with Crippen molar-refractivity contribution in [3.05, 3.63) is 35.1 Å². The third-order valence-corrected chi connectivity index (χ3v) is 4.13. The molecule has 82 valence electrons. The Morgan fingerprint density at radius 1 is 1.25 bits per heavy atom. The molecular weight excluding hydrogens is 203 g/mol. The largest absolute Gasteiger partial charge is 0.324 e. The van der Waals surface area contributed by atoms with Crippen molar-refractivity contribution in [2.45, 2.75) is 36.6 Å². The van der Waals surface area contributed by atoms with Gasteiger partial charge in [-0.05, 0) is 43.4 Å². The zero-order valence-corrected chi connectivity index (χ0v) is 8.96.